The third-order valence-electron chi connectivity index (χ3n) is 4.92. The molecule has 7 heteroatoms. The van der Waals surface area contributed by atoms with E-state index >= 15 is 0 Å². The quantitative estimate of drug-likeness (QED) is 0.651. The fourth-order valence-corrected chi connectivity index (χ4v) is 3.51. The van der Waals surface area contributed by atoms with Crippen LogP contribution in [0.4, 0.5) is 4.79 Å². The van der Waals surface area contributed by atoms with E-state index in [-0.39, 0.29) is 19.1 Å². The molecule has 0 aromatic heterocycles. The predicted molar refractivity (Wildman–Crippen MR) is 100 cm³/mol. The van der Waals surface area contributed by atoms with Crippen LogP contribution in [0.2, 0.25) is 0 Å². The first-order valence-electron chi connectivity index (χ1n) is 9.05. The molecule has 1 N–H and O–H groups in total. The van der Waals surface area contributed by atoms with E-state index in [2.05, 4.69) is 5.32 Å². The van der Waals surface area contributed by atoms with E-state index in [9.17, 15) is 14.4 Å². The van der Waals surface area contributed by atoms with Crippen LogP contribution < -0.4 is 10.1 Å². The fraction of sp³-hybridized carbons (Fsp3) is 0.286. The first-order chi connectivity index (χ1) is 13.4. The third kappa shape index (κ3) is 2.98. The van der Waals surface area contributed by atoms with Crippen molar-refractivity contribution in [2.75, 3.05) is 13.2 Å². The van der Waals surface area contributed by atoms with Crippen LogP contribution in [0.25, 0.3) is 0 Å². The van der Waals surface area contributed by atoms with Crippen LogP contribution >= 0.6 is 0 Å². The first-order valence-corrected chi connectivity index (χ1v) is 9.05. The van der Waals surface area contributed by atoms with Crippen molar-refractivity contribution in [2.24, 2.45) is 0 Å². The second-order valence-electron chi connectivity index (χ2n) is 7.29. The molecule has 2 aromatic rings. The summed E-state index contributed by atoms with van der Waals surface area (Å²) in [6.07, 6.45) is 0. The molecule has 3 amide bonds. The number of carbonyl (C=O) groups is 3. The largest absolute Gasteiger partial charge is 0.463 e. The Kier molecular flexibility index (Phi) is 4.30. The Morgan fingerprint density at radius 2 is 1.64 bits per heavy atom. The van der Waals surface area contributed by atoms with E-state index in [1.165, 1.54) is 0 Å². The van der Waals surface area contributed by atoms with Gasteiger partial charge in [0.1, 0.15) is 29.6 Å². The summed E-state index contributed by atoms with van der Waals surface area (Å²) in [5.41, 5.74) is 0.504. The molecule has 0 atom stereocenters. The lowest BCUT2D eigenvalue weighted by atomic mass is 9.88. The molecule has 1 fully saturated rings. The SMILES string of the molecule is CC1(C)NC(=O)N(CCOC(=O)C2c3ccccc3Oc3ccccc32)C1=O. The summed E-state index contributed by atoms with van der Waals surface area (Å²) in [5.74, 6) is -0.191. The number of ether oxygens (including phenoxy) is 2. The number of nitrogens with one attached hydrogen (secondary N) is 1. The molecule has 2 aliphatic rings. The zero-order valence-corrected chi connectivity index (χ0v) is 15.6. The van der Waals surface area contributed by atoms with Crippen molar-refractivity contribution in [3.63, 3.8) is 0 Å². The summed E-state index contributed by atoms with van der Waals surface area (Å²) in [7, 11) is 0. The number of imide groups is 1. The monoisotopic (exact) mass is 380 g/mol. The number of para-hydroxylation sites is 2. The molecule has 1 saturated heterocycles. The van der Waals surface area contributed by atoms with Crippen molar-refractivity contribution in [2.45, 2.75) is 25.3 Å². The smallest absolute Gasteiger partial charge is 0.325 e. The summed E-state index contributed by atoms with van der Waals surface area (Å²) >= 11 is 0. The standard InChI is InChI=1S/C21H20N2O5/c1-21(2)19(25)23(20(26)22-21)11-12-27-18(24)17-13-7-3-5-9-15(13)28-16-10-6-4-8-14(16)17/h3-10,17H,11-12H2,1-2H3,(H,22,26). The molecule has 0 aliphatic carbocycles. The second kappa shape index (κ2) is 6.67. The van der Waals surface area contributed by atoms with Crippen LogP contribution in [-0.4, -0.2) is 41.5 Å². The van der Waals surface area contributed by atoms with Gasteiger partial charge in [0.2, 0.25) is 0 Å². The van der Waals surface area contributed by atoms with Gasteiger partial charge >= 0.3 is 12.0 Å². The summed E-state index contributed by atoms with van der Waals surface area (Å²) in [5, 5.41) is 2.60. The van der Waals surface area contributed by atoms with Gasteiger partial charge in [0.15, 0.2) is 0 Å². The van der Waals surface area contributed by atoms with Crippen LogP contribution in [0, 0.1) is 0 Å². The molecule has 0 unspecified atom stereocenters. The van der Waals surface area contributed by atoms with Crippen LogP contribution in [0.5, 0.6) is 11.5 Å². The number of carbonyl (C=O) groups excluding carboxylic acids is 3. The highest BCUT2D eigenvalue weighted by atomic mass is 16.5. The fourth-order valence-electron chi connectivity index (χ4n) is 3.51. The molecule has 7 nitrogen and oxygen atoms in total. The number of rotatable bonds is 4. The van der Waals surface area contributed by atoms with Crippen molar-refractivity contribution >= 4 is 17.9 Å². The van der Waals surface area contributed by atoms with Gasteiger partial charge < -0.3 is 14.8 Å². The van der Waals surface area contributed by atoms with Crippen LogP contribution in [0.1, 0.15) is 30.9 Å². The first kappa shape index (κ1) is 18.0. The Bertz CT molecular complexity index is 923. The van der Waals surface area contributed by atoms with Crippen molar-refractivity contribution < 1.29 is 23.9 Å². The topological polar surface area (TPSA) is 84.9 Å². The lowest BCUT2D eigenvalue weighted by Crippen LogP contribution is -2.40. The van der Waals surface area contributed by atoms with Crippen LogP contribution in [-0.2, 0) is 14.3 Å². The van der Waals surface area contributed by atoms with E-state index in [1.807, 2.05) is 36.4 Å². The normalized spacial score (nSPS) is 17.4. The molecule has 0 spiro atoms. The van der Waals surface area contributed by atoms with Crippen LogP contribution in [0.15, 0.2) is 48.5 Å². The molecule has 4 rings (SSSR count). The number of esters is 1. The Hall–Kier alpha value is -3.35. The maximum absolute atomic E-state index is 12.9. The second-order valence-corrected chi connectivity index (χ2v) is 7.29. The molecular weight excluding hydrogens is 360 g/mol. The Labute approximate surface area is 162 Å². The zero-order valence-electron chi connectivity index (χ0n) is 15.6. The number of hydrogen-bond donors (Lipinski definition) is 1. The maximum atomic E-state index is 12.9. The summed E-state index contributed by atoms with van der Waals surface area (Å²) < 4.78 is 11.3. The van der Waals surface area contributed by atoms with Gasteiger partial charge in [-0.2, -0.15) is 0 Å². The van der Waals surface area contributed by atoms with E-state index in [0.29, 0.717) is 11.5 Å². The lowest BCUT2D eigenvalue weighted by Gasteiger charge is -2.27. The van der Waals surface area contributed by atoms with Crippen molar-refractivity contribution in [1.29, 1.82) is 0 Å². The third-order valence-corrected chi connectivity index (χ3v) is 4.92. The molecule has 0 saturated carbocycles. The highest BCUT2D eigenvalue weighted by molar-refractivity contribution is 6.06. The Balaban J connectivity index is 1.50. The van der Waals surface area contributed by atoms with Gasteiger partial charge in [-0.05, 0) is 26.0 Å². The Morgan fingerprint density at radius 3 is 2.18 bits per heavy atom. The Morgan fingerprint density at radius 1 is 1.07 bits per heavy atom. The van der Waals surface area contributed by atoms with Crippen molar-refractivity contribution in [3.05, 3.63) is 59.7 Å². The van der Waals surface area contributed by atoms with E-state index in [0.717, 1.165) is 16.0 Å². The minimum atomic E-state index is -0.945. The number of hydrogen-bond acceptors (Lipinski definition) is 5. The number of amides is 3. The van der Waals surface area contributed by atoms with Gasteiger partial charge in [-0.1, -0.05) is 36.4 Å². The van der Waals surface area contributed by atoms with Crippen molar-refractivity contribution in [3.8, 4) is 11.5 Å². The molecule has 0 bridgehead atoms. The van der Waals surface area contributed by atoms with Crippen LogP contribution in [0.3, 0.4) is 0 Å². The van der Waals surface area contributed by atoms with Gasteiger partial charge in [-0.3, -0.25) is 14.5 Å². The van der Waals surface area contributed by atoms with E-state index < -0.39 is 23.5 Å². The number of nitrogens with zero attached hydrogens (tertiary/aromatic N) is 1. The average Bonchev–Trinajstić information content (AvgIpc) is 2.87. The summed E-state index contributed by atoms with van der Waals surface area (Å²) in [6.45, 7) is 3.20. The molecular formula is C21H20N2O5. The number of benzene rings is 2. The summed E-state index contributed by atoms with van der Waals surface area (Å²) in [6, 6.07) is 14.2. The highest BCUT2D eigenvalue weighted by Crippen LogP contribution is 2.44. The molecule has 28 heavy (non-hydrogen) atoms. The minimum Gasteiger partial charge on any atom is -0.463 e. The average molecular weight is 380 g/mol. The number of urea groups is 1. The van der Waals surface area contributed by atoms with Gasteiger partial charge in [-0.25, -0.2) is 4.79 Å². The van der Waals surface area contributed by atoms with Gasteiger partial charge in [-0.15, -0.1) is 0 Å². The molecule has 2 heterocycles. The van der Waals surface area contributed by atoms with E-state index in [4.69, 9.17) is 9.47 Å². The van der Waals surface area contributed by atoms with Gasteiger partial charge in [0, 0.05) is 11.1 Å². The maximum Gasteiger partial charge on any atom is 0.325 e. The molecule has 2 aliphatic heterocycles. The van der Waals surface area contributed by atoms with Gasteiger partial charge in [0.05, 0.1) is 6.54 Å². The zero-order chi connectivity index (χ0) is 19.9. The lowest BCUT2D eigenvalue weighted by molar-refractivity contribution is -0.146. The number of fused-ring (bicyclic) bond motifs is 2. The molecule has 144 valence electrons. The van der Waals surface area contributed by atoms with Gasteiger partial charge in [0.25, 0.3) is 5.91 Å². The molecule has 0 radical (unpaired) electrons. The highest BCUT2D eigenvalue weighted by Gasteiger charge is 2.44. The predicted octanol–water partition coefficient (Wildman–Crippen LogP) is 2.80. The summed E-state index contributed by atoms with van der Waals surface area (Å²) in [4.78, 5) is 38.1. The molecule has 2 aromatic carbocycles. The minimum absolute atomic E-state index is 0.00630. The van der Waals surface area contributed by atoms with E-state index in [1.54, 1.807) is 26.0 Å². The van der Waals surface area contributed by atoms with Crippen molar-refractivity contribution in [1.82, 2.24) is 10.2 Å².